The van der Waals surface area contributed by atoms with Crippen molar-refractivity contribution in [3.8, 4) is 23.0 Å². The number of benzene rings is 2. The summed E-state index contributed by atoms with van der Waals surface area (Å²) in [5.74, 6) is 2.77. The standard InChI is InChI=1S/C26H34ClN3O6S/c1-26(2)17-18-13-20(28-37(3,31)32)16-23(24(18)36-26)33-10-4-5-29-6-8-30(9-7-29)21-14-19(27)15-22-25(21)35-12-11-34-22/h13-16,28H,4-12,17H2,1-3H3. The molecule has 0 amide bonds. The number of anilines is 2. The molecule has 0 atom stereocenters. The van der Waals surface area contributed by atoms with Gasteiger partial charge in [-0.3, -0.25) is 9.62 Å². The molecule has 0 bridgehead atoms. The van der Waals surface area contributed by atoms with E-state index in [-0.39, 0.29) is 5.60 Å². The Balaban J connectivity index is 1.15. The third-order valence-corrected chi connectivity index (χ3v) is 7.43. The Labute approximate surface area is 223 Å². The number of rotatable bonds is 8. The molecule has 11 heteroatoms. The van der Waals surface area contributed by atoms with Crippen LogP contribution >= 0.6 is 11.6 Å². The lowest BCUT2D eigenvalue weighted by molar-refractivity contribution is 0.131. The first-order valence-corrected chi connectivity index (χ1v) is 14.9. The van der Waals surface area contributed by atoms with Gasteiger partial charge < -0.3 is 23.8 Å². The Morgan fingerprint density at radius 2 is 1.81 bits per heavy atom. The number of ether oxygens (including phenoxy) is 4. The summed E-state index contributed by atoms with van der Waals surface area (Å²) in [7, 11) is -3.39. The van der Waals surface area contributed by atoms with E-state index >= 15 is 0 Å². The molecule has 0 spiro atoms. The van der Waals surface area contributed by atoms with E-state index in [1.807, 2.05) is 32.0 Å². The second-order valence-corrected chi connectivity index (χ2v) is 12.5. The van der Waals surface area contributed by atoms with Crippen LogP contribution in [0.15, 0.2) is 24.3 Å². The van der Waals surface area contributed by atoms with Gasteiger partial charge in [0.15, 0.2) is 23.0 Å². The molecule has 37 heavy (non-hydrogen) atoms. The van der Waals surface area contributed by atoms with Gasteiger partial charge in [-0.15, -0.1) is 0 Å². The SMILES string of the molecule is CC1(C)Cc2cc(NS(C)(=O)=O)cc(OCCCN3CCN(c4cc(Cl)cc5c4OCCO5)CC3)c2O1. The maximum absolute atomic E-state index is 11.8. The first-order valence-electron chi connectivity index (χ1n) is 12.6. The molecular formula is C26H34ClN3O6S. The molecular weight excluding hydrogens is 518 g/mol. The summed E-state index contributed by atoms with van der Waals surface area (Å²) in [6.07, 6.45) is 2.67. The highest BCUT2D eigenvalue weighted by molar-refractivity contribution is 7.92. The van der Waals surface area contributed by atoms with Gasteiger partial charge in [-0.25, -0.2) is 8.42 Å². The Morgan fingerprint density at radius 1 is 1.05 bits per heavy atom. The maximum atomic E-state index is 11.8. The fourth-order valence-electron chi connectivity index (χ4n) is 5.08. The lowest BCUT2D eigenvalue weighted by Crippen LogP contribution is -2.47. The third-order valence-electron chi connectivity index (χ3n) is 6.61. The average Bonchev–Trinajstić information content (AvgIpc) is 3.14. The highest BCUT2D eigenvalue weighted by Crippen LogP contribution is 2.44. The molecule has 3 aliphatic heterocycles. The Morgan fingerprint density at radius 3 is 2.57 bits per heavy atom. The monoisotopic (exact) mass is 551 g/mol. The molecule has 1 fully saturated rings. The Kier molecular flexibility index (Phi) is 7.26. The van der Waals surface area contributed by atoms with Crippen molar-refractivity contribution in [1.82, 2.24) is 4.90 Å². The van der Waals surface area contributed by atoms with Gasteiger partial charge in [-0.1, -0.05) is 11.6 Å². The van der Waals surface area contributed by atoms with Crippen LogP contribution in [0, 0.1) is 0 Å². The molecule has 202 valence electrons. The lowest BCUT2D eigenvalue weighted by atomic mass is 10.0. The smallest absolute Gasteiger partial charge is 0.229 e. The quantitative estimate of drug-likeness (QED) is 0.496. The predicted molar refractivity (Wildman–Crippen MR) is 145 cm³/mol. The molecule has 1 saturated heterocycles. The van der Waals surface area contributed by atoms with E-state index in [0.29, 0.717) is 54.2 Å². The minimum Gasteiger partial charge on any atom is -0.490 e. The summed E-state index contributed by atoms with van der Waals surface area (Å²) in [6.45, 7) is 10.1. The molecule has 0 aromatic heterocycles. The van der Waals surface area contributed by atoms with Crippen LogP contribution in [0.5, 0.6) is 23.0 Å². The number of nitrogens with one attached hydrogen (secondary N) is 1. The normalized spacial score (nSPS) is 18.8. The first kappa shape index (κ1) is 26.1. The van der Waals surface area contributed by atoms with Crippen LogP contribution < -0.4 is 28.6 Å². The lowest BCUT2D eigenvalue weighted by Gasteiger charge is -2.37. The first-order chi connectivity index (χ1) is 17.6. The van der Waals surface area contributed by atoms with Crippen LogP contribution in [0.2, 0.25) is 5.02 Å². The number of nitrogens with zero attached hydrogens (tertiary/aromatic N) is 2. The number of fused-ring (bicyclic) bond motifs is 2. The summed E-state index contributed by atoms with van der Waals surface area (Å²) in [6, 6.07) is 7.29. The fourth-order valence-corrected chi connectivity index (χ4v) is 5.83. The number of hydrogen-bond acceptors (Lipinski definition) is 8. The summed E-state index contributed by atoms with van der Waals surface area (Å²) in [5, 5.41) is 0.647. The highest BCUT2D eigenvalue weighted by atomic mass is 35.5. The van der Waals surface area contributed by atoms with Gasteiger partial charge in [0.05, 0.1) is 24.2 Å². The predicted octanol–water partition coefficient (Wildman–Crippen LogP) is 3.79. The molecule has 0 radical (unpaired) electrons. The van der Waals surface area contributed by atoms with Crippen molar-refractivity contribution >= 4 is 33.0 Å². The van der Waals surface area contributed by atoms with E-state index in [1.165, 1.54) is 0 Å². The number of hydrogen-bond donors (Lipinski definition) is 1. The van der Waals surface area contributed by atoms with E-state index in [0.717, 1.165) is 62.4 Å². The topological polar surface area (TPSA) is 89.6 Å². The van der Waals surface area contributed by atoms with Crippen molar-refractivity contribution < 1.29 is 27.4 Å². The largest absolute Gasteiger partial charge is 0.490 e. The second-order valence-electron chi connectivity index (χ2n) is 10.4. The minimum atomic E-state index is -3.39. The molecule has 3 aliphatic rings. The van der Waals surface area contributed by atoms with Gasteiger partial charge in [0, 0.05) is 61.9 Å². The molecule has 5 rings (SSSR count). The third kappa shape index (κ3) is 6.30. The summed E-state index contributed by atoms with van der Waals surface area (Å²) in [5.41, 5.74) is 2.07. The van der Waals surface area contributed by atoms with E-state index < -0.39 is 10.0 Å². The zero-order valence-electron chi connectivity index (χ0n) is 21.5. The maximum Gasteiger partial charge on any atom is 0.229 e. The molecule has 1 N–H and O–H groups in total. The molecule has 9 nitrogen and oxygen atoms in total. The van der Waals surface area contributed by atoms with Crippen molar-refractivity contribution in [2.75, 3.05) is 68.4 Å². The van der Waals surface area contributed by atoms with E-state index in [4.69, 9.17) is 30.5 Å². The van der Waals surface area contributed by atoms with E-state index in [1.54, 1.807) is 6.07 Å². The van der Waals surface area contributed by atoms with Crippen molar-refractivity contribution in [2.24, 2.45) is 0 Å². The van der Waals surface area contributed by atoms with E-state index in [9.17, 15) is 8.42 Å². The average molecular weight is 552 g/mol. The van der Waals surface area contributed by atoms with Crippen LogP contribution in [0.3, 0.4) is 0 Å². The summed E-state index contributed by atoms with van der Waals surface area (Å²) < 4.78 is 49.9. The molecule has 2 aromatic carbocycles. The van der Waals surface area contributed by atoms with Crippen LogP contribution in [0.4, 0.5) is 11.4 Å². The van der Waals surface area contributed by atoms with Crippen LogP contribution in [0.25, 0.3) is 0 Å². The number of piperazine rings is 1. The Bertz CT molecular complexity index is 1260. The summed E-state index contributed by atoms with van der Waals surface area (Å²) in [4.78, 5) is 4.72. The zero-order chi connectivity index (χ0) is 26.2. The number of sulfonamides is 1. The fraction of sp³-hybridized carbons (Fsp3) is 0.538. The number of halogens is 1. The van der Waals surface area contributed by atoms with Crippen molar-refractivity contribution in [2.45, 2.75) is 32.3 Å². The van der Waals surface area contributed by atoms with Crippen LogP contribution in [-0.4, -0.2) is 77.7 Å². The highest BCUT2D eigenvalue weighted by Gasteiger charge is 2.33. The van der Waals surface area contributed by atoms with Gasteiger partial charge in [-0.05, 0) is 32.4 Å². The van der Waals surface area contributed by atoms with Crippen LogP contribution in [-0.2, 0) is 16.4 Å². The van der Waals surface area contributed by atoms with E-state index in [2.05, 4.69) is 14.5 Å². The van der Waals surface area contributed by atoms with Gasteiger partial charge >= 0.3 is 0 Å². The molecule has 0 saturated carbocycles. The zero-order valence-corrected chi connectivity index (χ0v) is 23.1. The van der Waals surface area contributed by atoms with Gasteiger partial charge in [0.1, 0.15) is 18.8 Å². The summed E-state index contributed by atoms with van der Waals surface area (Å²) >= 11 is 6.33. The second kappa shape index (κ2) is 10.3. The minimum absolute atomic E-state index is 0.358. The van der Waals surface area contributed by atoms with Gasteiger partial charge in [0.25, 0.3) is 0 Å². The van der Waals surface area contributed by atoms with Crippen molar-refractivity contribution in [3.05, 3.63) is 34.9 Å². The molecule has 0 aliphatic carbocycles. The molecule has 0 unspecified atom stereocenters. The van der Waals surface area contributed by atoms with Crippen molar-refractivity contribution in [3.63, 3.8) is 0 Å². The molecule has 2 aromatic rings. The van der Waals surface area contributed by atoms with Crippen molar-refractivity contribution in [1.29, 1.82) is 0 Å². The molecule has 3 heterocycles. The van der Waals surface area contributed by atoms with Gasteiger partial charge in [0.2, 0.25) is 10.0 Å². The Hall–Kier alpha value is -2.56. The van der Waals surface area contributed by atoms with Crippen LogP contribution in [0.1, 0.15) is 25.8 Å². The van der Waals surface area contributed by atoms with Gasteiger partial charge in [-0.2, -0.15) is 0 Å².